The van der Waals surface area contributed by atoms with E-state index in [1.807, 2.05) is 0 Å². The molecule has 3 nitrogen and oxygen atoms in total. The Labute approximate surface area is 46.7 Å². The van der Waals surface area contributed by atoms with Crippen molar-refractivity contribution in [3.63, 3.8) is 0 Å². The number of carbonyl (C=O) groups excluding carboxylic acids is 1. The first-order chi connectivity index (χ1) is 3.27. The van der Waals surface area contributed by atoms with Gasteiger partial charge in [0.1, 0.15) is 11.9 Å². The van der Waals surface area contributed by atoms with Crippen LogP contribution in [0.15, 0.2) is 3.77 Å². The molecule has 0 unspecified atom stereocenters. The van der Waals surface area contributed by atoms with Crippen LogP contribution in [0.25, 0.3) is 0 Å². The average molecular weight is 141 g/mol. The van der Waals surface area contributed by atoms with Crippen molar-refractivity contribution in [2.24, 2.45) is 3.77 Å². The molecule has 40 valence electrons. The Morgan fingerprint density at radius 3 is 2.43 bits per heavy atom. The van der Waals surface area contributed by atoms with E-state index in [0.29, 0.717) is 0 Å². The molecule has 0 aliphatic heterocycles. The molecule has 0 aliphatic rings. The van der Waals surface area contributed by atoms with Crippen molar-refractivity contribution in [2.75, 3.05) is 0 Å². The predicted molar refractivity (Wildman–Crippen MR) is 24.7 cm³/mol. The van der Waals surface area contributed by atoms with Gasteiger partial charge >= 0.3 is 5.37 Å². The summed E-state index contributed by atoms with van der Waals surface area (Å²) in [6, 6.07) is 0. The van der Waals surface area contributed by atoms with E-state index in [1.165, 1.54) is 0 Å². The molecule has 0 saturated heterocycles. The van der Waals surface area contributed by atoms with Gasteiger partial charge < -0.3 is 0 Å². The number of nitrogens with zero attached hydrogens (tertiary/aromatic N) is 1. The van der Waals surface area contributed by atoms with Crippen LogP contribution in [0.2, 0.25) is 0 Å². The highest BCUT2D eigenvalue weighted by Crippen LogP contribution is 2.03. The van der Waals surface area contributed by atoms with E-state index in [4.69, 9.17) is 0 Å². The molecule has 0 spiro atoms. The summed E-state index contributed by atoms with van der Waals surface area (Å²) in [7, 11) is 0. The Morgan fingerprint density at radius 2 is 2.29 bits per heavy atom. The summed E-state index contributed by atoms with van der Waals surface area (Å²) in [5.41, 5.74) is 0. The molecule has 0 amide bonds. The molecule has 0 heterocycles. The van der Waals surface area contributed by atoms with Crippen LogP contribution in [0.4, 0.5) is 9.18 Å². The van der Waals surface area contributed by atoms with Gasteiger partial charge in [0.2, 0.25) is 11.5 Å². The van der Waals surface area contributed by atoms with Crippen LogP contribution in [0, 0.1) is 0 Å². The van der Waals surface area contributed by atoms with Gasteiger partial charge in [-0.25, -0.2) is 4.79 Å². The van der Waals surface area contributed by atoms with E-state index in [1.54, 1.807) is 0 Å². The highest BCUT2D eigenvalue weighted by atomic mass is 32.2. The topological polar surface area (TPSA) is 46.5 Å². The van der Waals surface area contributed by atoms with E-state index in [-0.39, 0.29) is 23.4 Å². The number of carbonyl (C=O) groups is 1. The molecule has 6 heteroatoms. The summed E-state index contributed by atoms with van der Waals surface area (Å²) >= 11 is -0.192. The van der Waals surface area contributed by atoms with Crippen molar-refractivity contribution < 1.29 is 13.4 Å². The van der Waals surface area contributed by atoms with Crippen LogP contribution in [0.3, 0.4) is 0 Å². The van der Waals surface area contributed by atoms with E-state index in [0.717, 1.165) is 0 Å². The first-order valence-electron chi connectivity index (χ1n) is 1.13. The minimum atomic E-state index is -1.66. The molecular formula is CFNO2S2. The van der Waals surface area contributed by atoms with Gasteiger partial charge in [-0.1, -0.05) is 0 Å². The summed E-state index contributed by atoms with van der Waals surface area (Å²) in [5.74, 6) is 0. The van der Waals surface area contributed by atoms with E-state index in [9.17, 15) is 13.4 Å². The van der Waals surface area contributed by atoms with Crippen LogP contribution in [-0.2, 0) is 11.5 Å². The molecule has 0 radical (unpaired) electrons. The first kappa shape index (κ1) is 6.77. The van der Waals surface area contributed by atoms with Crippen LogP contribution in [0.1, 0.15) is 0 Å². The van der Waals surface area contributed by atoms with Gasteiger partial charge in [-0.15, -0.1) is 8.16 Å². The maximum absolute atomic E-state index is 11.0. The third kappa shape index (κ3) is 5.77. The second kappa shape index (κ2) is 3.94. The predicted octanol–water partition coefficient (Wildman–Crippen LogP) is 1.12. The molecule has 0 fully saturated rings. The number of rotatable bonds is 1. The molecule has 0 aliphatic carbocycles. The lowest BCUT2D eigenvalue weighted by Crippen LogP contribution is -1.63. The van der Waals surface area contributed by atoms with Gasteiger partial charge in [-0.3, -0.25) is 0 Å². The van der Waals surface area contributed by atoms with E-state index >= 15 is 0 Å². The van der Waals surface area contributed by atoms with Crippen molar-refractivity contribution in [1.82, 2.24) is 0 Å². The van der Waals surface area contributed by atoms with Crippen LogP contribution < -0.4 is 0 Å². The Bertz CT molecular complexity index is 119. The minimum absolute atomic E-state index is 0.00116. The van der Waals surface area contributed by atoms with Gasteiger partial charge in [-0.2, -0.15) is 4.21 Å². The van der Waals surface area contributed by atoms with Gasteiger partial charge in [0.05, 0.1) is 0 Å². The highest BCUT2D eigenvalue weighted by Gasteiger charge is 1.92. The standard InChI is InChI=1S/CFNO2S2/c2-1(4)6-3-7-5. The van der Waals surface area contributed by atoms with Crippen molar-refractivity contribution in [1.29, 1.82) is 0 Å². The van der Waals surface area contributed by atoms with Crippen molar-refractivity contribution in [3.8, 4) is 0 Å². The molecule has 0 atom stereocenters. The van der Waals surface area contributed by atoms with Crippen LogP contribution in [-0.4, -0.2) is 9.58 Å². The van der Waals surface area contributed by atoms with Gasteiger partial charge in [0.15, 0.2) is 0 Å². The third-order valence-electron chi connectivity index (χ3n) is 0.139. The Kier molecular flexibility index (Phi) is 3.81. The Balaban J connectivity index is 3.32. The highest BCUT2D eigenvalue weighted by molar-refractivity contribution is 8.13. The smallest absolute Gasteiger partial charge is 0.246 e. The van der Waals surface area contributed by atoms with Crippen LogP contribution >= 0.6 is 11.9 Å². The summed E-state index contributed by atoms with van der Waals surface area (Å²) in [5, 5.41) is -1.66. The molecule has 0 rings (SSSR count). The quantitative estimate of drug-likeness (QED) is 0.406. The summed E-state index contributed by atoms with van der Waals surface area (Å²) in [6.07, 6.45) is 0. The van der Waals surface area contributed by atoms with Gasteiger partial charge in [0, 0.05) is 0 Å². The first-order valence-corrected chi connectivity index (χ1v) is 2.60. The van der Waals surface area contributed by atoms with E-state index in [2.05, 4.69) is 3.77 Å². The zero-order chi connectivity index (χ0) is 5.70. The Hall–Kier alpha value is -0.230. The fourth-order valence-electron chi connectivity index (χ4n) is 0.0445. The summed E-state index contributed by atoms with van der Waals surface area (Å²) in [6.45, 7) is 0. The molecule has 0 aromatic carbocycles. The maximum Gasteiger partial charge on any atom is 0.382 e. The van der Waals surface area contributed by atoms with Crippen LogP contribution in [0.5, 0.6) is 0 Å². The maximum atomic E-state index is 11.0. The lowest BCUT2D eigenvalue weighted by molar-refractivity contribution is 0.245. The summed E-state index contributed by atoms with van der Waals surface area (Å²) < 4.78 is 22.9. The number of halogens is 1. The zero-order valence-corrected chi connectivity index (χ0v) is 4.59. The second-order valence-corrected chi connectivity index (χ2v) is 1.73. The number of hydrogen-bond acceptors (Lipinski definition) is 4. The molecular weight excluding hydrogens is 141 g/mol. The third-order valence-corrected chi connectivity index (χ3v) is 0.825. The summed E-state index contributed by atoms with van der Waals surface area (Å²) in [4.78, 5) is 9.25. The fraction of sp³-hybridized carbons (Fsp3) is 0. The second-order valence-electron chi connectivity index (χ2n) is 0.478. The monoisotopic (exact) mass is 141 g/mol. The molecule has 0 N–H and O–H groups in total. The molecule has 0 aromatic rings. The Morgan fingerprint density at radius 1 is 1.71 bits per heavy atom. The molecule has 7 heavy (non-hydrogen) atoms. The normalized spacial score (nSPS) is 7.57. The van der Waals surface area contributed by atoms with Crippen molar-refractivity contribution >= 4 is 28.8 Å². The molecule has 0 saturated carbocycles. The minimum Gasteiger partial charge on any atom is -0.246 e. The SMILES string of the molecule is O=S=NSC(=O)F. The van der Waals surface area contributed by atoms with Gasteiger partial charge in [-0.05, 0) is 0 Å². The number of hydrogen-bond donors (Lipinski definition) is 0. The molecule has 0 bridgehead atoms. The lowest BCUT2D eigenvalue weighted by Gasteiger charge is -1.67. The zero-order valence-electron chi connectivity index (χ0n) is 2.96. The fourth-order valence-corrected chi connectivity index (χ4v) is 0.401. The molecule has 0 aromatic heterocycles. The lowest BCUT2D eigenvalue weighted by atomic mass is 11.7. The van der Waals surface area contributed by atoms with Gasteiger partial charge in [0.25, 0.3) is 0 Å². The van der Waals surface area contributed by atoms with Crippen molar-refractivity contribution in [2.45, 2.75) is 0 Å². The van der Waals surface area contributed by atoms with Crippen molar-refractivity contribution in [3.05, 3.63) is 0 Å². The average Bonchev–Trinajstić information content (AvgIpc) is 1.61. The largest absolute Gasteiger partial charge is 0.382 e. The van der Waals surface area contributed by atoms with E-state index < -0.39 is 5.37 Å².